The maximum atomic E-state index is 4.37. The zero-order valence-electron chi connectivity index (χ0n) is 9.80. The molecule has 5 nitrogen and oxygen atoms in total. The van der Waals surface area contributed by atoms with E-state index >= 15 is 0 Å². The average Bonchev–Trinajstić information content (AvgIpc) is 2.89. The lowest BCUT2D eigenvalue weighted by Crippen LogP contribution is -2.38. The number of para-hydroxylation sites is 1. The van der Waals surface area contributed by atoms with Gasteiger partial charge in [-0.1, -0.05) is 24.3 Å². The molecule has 2 heterocycles. The number of anilines is 1. The van der Waals surface area contributed by atoms with Crippen LogP contribution < -0.4 is 21.7 Å². The summed E-state index contributed by atoms with van der Waals surface area (Å²) in [6, 6.07) is 16.1. The van der Waals surface area contributed by atoms with Crippen molar-refractivity contribution in [2.24, 2.45) is 0 Å². The van der Waals surface area contributed by atoms with Crippen molar-refractivity contribution in [1.82, 2.24) is 21.4 Å². The lowest BCUT2D eigenvalue weighted by atomic mass is 10.1. The Bertz CT molecular complexity index is 487. The third kappa shape index (κ3) is 2.33. The lowest BCUT2D eigenvalue weighted by Gasteiger charge is -2.19. The number of hydrogen-bond donors (Lipinski definition) is 4. The summed E-state index contributed by atoms with van der Waals surface area (Å²) in [7, 11) is 0. The molecule has 0 aliphatic carbocycles. The minimum Gasteiger partial charge on any atom is -0.367 e. The number of hydrazine groups is 2. The highest BCUT2D eigenvalue weighted by atomic mass is 15.7. The van der Waals surface area contributed by atoms with Gasteiger partial charge in [0.25, 0.3) is 0 Å². The smallest absolute Gasteiger partial charge is 0.114 e. The van der Waals surface area contributed by atoms with Gasteiger partial charge in [0.2, 0.25) is 0 Å². The SMILES string of the molecule is c1ccc(NC2NNNC2c2ccccn2)cc1. The monoisotopic (exact) mass is 241 g/mol. The summed E-state index contributed by atoms with van der Waals surface area (Å²) in [5, 5.41) is 3.41. The predicted octanol–water partition coefficient (Wildman–Crippen LogP) is 1.17. The second-order valence-corrected chi connectivity index (χ2v) is 4.13. The second-order valence-electron chi connectivity index (χ2n) is 4.13. The van der Waals surface area contributed by atoms with E-state index < -0.39 is 0 Å². The number of rotatable bonds is 3. The first kappa shape index (κ1) is 11.2. The molecule has 0 spiro atoms. The van der Waals surface area contributed by atoms with Gasteiger partial charge in [-0.3, -0.25) is 4.98 Å². The fraction of sp³-hybridized carbons (Fsp3) is 0.154. The normalized spacial score (nSPS) is 22.9. The molecule has 4 N–H and O–H groups in total. The van der Waals surface area contributed by atoms with Crippen molar-refractivity contribution in [3.8, 4) is 0 Å². The van der Waals surface area contributed by atoms with Gasteiger partial charge in [-0.25, -0.2) is 10.9 Å². The summed E-state index contributed by atoms with van der Waals surface area (Å²) < 4.78 is 0. The molecule has 1 aliphatic heterocycles. The van der Waals surface area contributed by atoms with Crippen LogP contribution in [0.15, 0.2) is 54.7 Å². The Balaban J connectivity index is 1.76. The molecule has 1 aromatic carbocycles. The Hall–Kier alpha value is -1.95. The van der Waals surface area contributed by atoms with Gasteiger partial charge in [0, 0.05) is 11.9 Å². The summed E-state index contributed by atoms with van der Waals surface area (Å²) in [4.78, 5) is 4.37. The van der Waals surface area contributed by atoms with Crippen molar-refractivity contribution >= 4 is 5.69 Å². The molecule has 1 saturated heterocycles. The maximum absolute atomic E-state index is 4.37. The molecule has 0 saturated carbocycles. The third-order valence-electron chi connectivity index (χ3n) is 2.89. The van der Waals surface area contributed by atoms with Crippen LogP contribution >= 0.6 is 0 Å². The molecule has 0 bridgehead atoms. The van der Waals surface area contributed by atoms with E-state index in [2.05, 4.69) is 26.7 Å². The first-order valence-corrected chi connectivity index (χ1v) is 5.92. The zero-order chi connectivity index (χ0) is 12.2. The summed E-state index contributed by atoms with van der Waals surface area (Å²) in [6.07, 6.45) is 1.84. The van der Waals surface area contributed by atoms with E-state index in [9.17, 15) is 0 Å². The van der Waals surface area contributed by atoms with Crippen LogP contribution in [-0.2, 0) is 0 Å². The van der Waals surface area contributed by atoms with E-state index in [1.807, 2.05) is 48.5 Å². The largest absolute Gasteiger partial charge is 0.367 e. The van der Waals surface area contributed by atoms with Crippen LogP contribution in [0.3, 0.4) is 0 Å². The number of aromatic nitrogens is 1. The summed E-state index contributed by atoms with van der Waals surface area (Å²) in [5.41, 5.74) is 11.3. The zero-order valence-corrected chi connectivity index (χ0v) is 9.80. The highest BCUT2D eigenvalue weighted by molar-refractivity contribution is 5.44. The number of benzene rings is 1. The molecular weight excluding hydrogens is 226 g/mol. The molecule has 1 aliphatic rings. The highest BCUT2D eigenvalue weighted by Gasteiger charge is 2.28. The number of nitrogens with zero attached hydrogens (tertiary/aromatic N) is 1. The first-order valence-electron chi connectivity index (χ1n) is 5.92. The Morgan fingerprint density at radius 3 is 2.56 bits per heavy atom. The van der Waals surface area contributed by atoms with E-state index in [4.69, 9.17) is 0 Å². The van der Waals surface area contributed by atoms with Gasteiger partial charge < -0.3 is 5.32 Å². The molecule has 92 valence electrons. The Kier molecular flexibility index (Phi) is 3.18. The second kappa shape index (κ2) is 5.14. The van der Waals surface area contributed by atoms with Crippen molar-refractivity contribution in [2.45, 2.75) is 12.2 Å². The molecule has 3 rings (SSSR count). The van der Waals surface area contributed by atoms with Gasteiger partial charge in [0.05, 0.1) is 11.7 Å². The molecule has 0 amide bonds. The van der Waals surface area contributed by atoms with Gasteiger partial charge in [0.15, 0.2) is 0 Å². The van der Waals surface area contributed by atoms with Crippen molar-refractivity contribution in [2.75, 3.05) is 5.32 Å². The van der Waals surface area contributed by atoms with Crippen LogP contribution in [0.1, 0.15) is 11.7 Å². The molecule has 2 atom stereocenters. The molecular formula is C13H15N5. The Morgan fingerprint density at radius 2 is 1.78 bits per heavy atom. The van der Waals surface area contributed by atoms with Crippen LogP contribution in [0.25, 0.3) is 0 Å². The van der Waals surface area contributed by atoms with E-state index in [-0.39, 0.29) is 12.2 Å². The van der Waals surface area contributed by atoms with Crippen molar-refractivity contribution in [3.05, 3.63) is 60.4 Å². The van der Waals surface area contributed by atoms with Crippen molar-refractivity contribution in [1.29, 1.82) is 0 Å². The van der Waals surface area contributed by atoms with Crippen LogP contribution in [0.5, 0.6) is 0 Å². The van der Waals surface area contributed by atoms with Gasteiger partial charge >= 0.3 is 0 Å². The summed E-state index contributed by atoms with van der Waals surface area (Å²) in [6.45, 7) is 0. The summed E-state index contributed by atoms with van der Waals surface area (Å²) in [5.74, 6) is 0. The Labute approximate surface area is 106 Å². The first-order chi connectivity index (χ1) is 8.93. The minimum absolute atomic E-state index is 0.0438. The van der Waals surface area contributed by atoms with Gasteiger partial charge in [-0.2, -0.15) is 5.53 Å². The highest BCUT2D eigenvalue weighted by Crippen LogP contribution is 2.18. The molecule has 1 fully saturated rings. The van der Waals surface area contributed by atoms with Crippen LogP contribution in [0, 0.1) is 0 Å². The van der Waals surface area contributed by atoms with Gasteiger partial charge in [-0.05, 0) is 24.3 Å². The quantitative estimate of drug-likeness (QED) is 0.650. The molecule has 5 heteroatoms. The lowest BCUT2D eigenvalue weighted by molar-refractivity contribution is 0.547. The number of pyridine rings is 1. The predicted molar refractivity (Wildman–Crippen MR) is 70.2 cm³/mol. The minimum atomic E-state index is 0.0438. The molecule has 1 aromatic heterocycles. The van der Waals surface area contributed by atoms with E-state index in [1.54, 1.807) is 6.20 Å². The number of nitrogens with one attached hydrogen (secondary N) is 4. The van der Waals surface area contributed by atoms with Crippen molar-refractivity contribution < 1.29 is 0 Å². The van der Waals surface area contributed by atoms with Crippen molar-refractivity contribution in [3.63, 3.8) is 0 Å². The fourth-order valence-electron chi connectivity index (χ4n) is 2.00. The standard InChI is InChI=1S/C13H15N5/c1-2-6-10(7-3-1)15-13-12(16-18-17-13)11-8-4-5-9-14-11/h1-9,12-13,15-18H. The third-order valence-corrected chi connectivity index (χ3v) is 2.89. The van der Waals surface area contributed by atoms with E-state index in [0.717, 1.165) is 11.4 Å². The molecule has 0 radical (unpaired) electrons. The topological polar surface area (TPSA) is 61.0 Å². The molecule has 2 aromatic rings. The van der Waals surface area contributed by atoms with Crippen LogP contribution in [0.2, 0.25) is 0 Å². The van der Waals surface area contributed by atoms with Crippen LogP contribution in [0.4, 0.5) is 5.69 Å². The average molecular weight is 241 g/mol. The molecule has 2 unspecified atom stereocenters. The Morgan fingerprint density at radius 1 is 0.944 bits per heavy atom. The van der Waals surface area contributed by atoms with E-state index in [0.29, 0.717) is 0 Å². The van der Waals surface area contributed by atoms with E-state index in [1.165, 1.54) is 0 Å². The van der Waals surface area contributed by atoms with Crippen LogP contribution in [-0.4, -0.2) is 11.1 Å². The fourth-order valence-corrected chi connectivity index (χ4v) is 2.00. The molecule has 18 heavy (non-hydrogen) atoms. The van der Waals surface area contributed by atoms with Gasteiger partial charge in [0.1, 0.15) is 6.17 Å². The number of hydrogen-bond acceptors (Lipinski definition) is 5. The summed E-state index contributed by atoms with van der Waals surface area (Å²) >= 11 is 0. The maximum Gasteiger partial charge on any atom is 0.114 e. The van der Waals surface area contributed by atoms with Gasteiger partial charge in [-0.15, -0.1) is 0 Å².